The van der Waals surface area contributed by atoms with E-state index in [1.54, 1.807) is 11.3 Å². The van der Waals surface area contributed by atoms with Crippen LogP contribution in [0.2, 0.25) is 0 Å². The van der Waals surface area contributed by atoms with Crippen molar-refractivity contribution < 1.29 is 13.2 Å². The van der Waals surface area contributed by atoms with Crippen LogP contribution in [-0.2, 0) is 21.4 Å². The number of benzene rings is 1. The fourth-order valence-corrected chi connectivity index (χ4v) is 6.32. The number of carbonyl (C=O) groups is 1. The van der Waals surface area contributed by atoms with Crippen LogP contribution in [0.3, 0.4) is 0 Å². The first kappa shape index (κ1) is 21.8. The Morgan fingerprint density at radius 3 is 2.52 bits per heavy atom. The van der Waals surface area contributed by atoms with Gasteiger partial charge in [-0.2, -0.15) is 8.42 Å². The molecule has 0 aliphatic carbocycles. The van der Waals surface area contributed by atoms with Crippen LogP contribution < -0.4 is 5.32 Å². The molecule has 1 aromatic heterocycles. The molecular formula is C23H27N3O3S2. The van der Waals surface area contributed by atoms with Gasteiger partial charge < -0.3 is 10.2 Å². The summed E-state index contributed by atoms with van der Waals surface area (Å²) in [5, 5.41) is 5.02. The Morgan fingerprint density at radius 2 is 1.90 bits per heavy atom. The molecule has 1 saturated heterocycles. The Bertz CT molecular complexity index is 1110. The number of sulfonamides is 1. The van der Waals surface area contributed by atoms with Crippen LogP contribution >= 0.6 is 11.3 Å². The molecule has 164 valence electrons. The third kappa shape index (κ3) is 4.60. The van der Waals surface area contributed by atoms with Crippen LogP contribution in [-0.4, -0.2) is 38.2 Å². The highest BCUT2D eigenvalue weighted by Gasteiger charge is 2.36. The van der Waals surface area contributed by atoms with Crippen molar-refractivity contribution in [3.63, 3.8) is 0 Å². The lowest BCUT2D eigenvalue weighted by atomic mass is 9.95. The van der Waals surface area contributed by atoms with Gasteiger partial charge in [-0.05, 0) is 43.2 Å². The number of hydrogen-bond donors (Lipinski definition) is 1. The van der Waals surface area contributed by atoms with E-state index in [9.17, 15) is 13.2 Å². The first-order chi connectivity index (χ1) is 14.9. The summed E-state index contributed by atoms with van der Waals surface area (Å²) >= 11 is 1.63. The van der Waals surface area contributed by atoms with Crippen molar-refractivity contribution in [1.29, 1.82) is 0 Å². The monoisotopic (exact) mass is 457 g/mol. The summed E-state index contributed by atoms with van der Waals surface area (Å²) in [7, 11) is -3.73. The minimum absolute atomic E-state index is 0.0551. The minimum atomic E-state index is -3.73. The maximum Gasteiger partial charge on any atom is 0.285 e. The number of rotatable bonds is 5. The van der Waals surface area contributed by atoms with Gasteiger partial charge in [0.15, 0.2) is 0 Å². The highest BCUT2D eigenvalue weighted by Crippen LogP contribution is 2.36. The summed E-state index contributed by atoms with van der Waals surface area (Å²) in [4.78, 5) is 16.0. The van der Waals surface area contributed by atoms with E-state index in [1.807, 2.05) is 60.5 Å². The largest absolute Gasteiger partial charge is 0.356 e. The number of hydrogen-bond acceptors (Lipinski definition) is 5. The Kier molecular flexibility index (Phi) is 6.29. The van der Waals surface area contributed by atoms with Crippen molar-refractivity contribution in [3.8, 4) is 0 Å². The number of carbonyl (C=O) groups excluding carboxylic acids is 1. The van der Waals surface area contributed by atoms with Gasteiger partial charge in [0.05, 0.1) is 6.54 Å². The van der Waals surface area contributed by atoms with Crippen LogP contribution in [0.25, 0.3) is 4.91 Å². The minimum Gasteiger partial charge on any atom is -0.356 e. The van der Waals surface area contributed by atoms with Gasteiger partial charge in [-0.3, -0.25) is 4.79 Å². The molecule has 1 amide bonds. The van der Waals surface area contributed by atoms with Gasteiger partial charge in [0, 0.05) is 29.5 Å². The molecule has 1 N–H and O–H groups in total. The highest BCUT2D eigenvalue weighted by atomic mass is 32.2. The summed E-state index contributed by atoms with van der Waals surface area (Å²) in [5.41, 5.74) is 2.53. The molecule has 2 aliphatic heterocycles. The number of nitrogens with zero attached hydrogens (tertiary/aromatic N) is 2. The van der Waals surface area contributed by atoms with E-state index >= 15 is 0 Å². The zero-order chi connectivity index (χ0) is 22.0. The standard InChI is InChI=1S/C23H27N3O3S2/c1-3-20-21(17-8-6-16(2)7-9-17)31(28,29)25-22(20)26-12-10-18(11-13-26)23(27)24-15-19-5-4-14-30-19/h4-9,14,18H,3,10-13,15H2,1-2H3,(H,24,27). The maximum atomic E-state index is 12.9. The second-order valence-corrected chi connectivity index (χ2v) is 10.5. The van der Waals surface area contributed by atoms with E-state index in [2.05, 4.69) is 9.71 Å². The van der Waals surface area contributed by atoms with Gasteiger partial charge >= 0.3 is 0 Å². The summed E-state index contributed by atoms with van der Waals surface area (Å²) in [5.74, 6) is 0.566. The van der Waals surface area contributed by atoms with Crippen molar-refractivity contribution in [3.05, 3.63) is 63.4 Å². The van der Waals surface area contributed by atoms with Gasteiger partial charge in [0.2, 0.25) is 5.91 Å². The molecule has 8 heteroatoms. The number of nitrogens with one attached hydrogen (secondary N) is 1. The predicted molar refractivity (Wildman–Crippen MR) is 125 cm³/mol. The molecule has 1 aromatic carbocycles. The van der Waals surface area contributed by atoms with Crippen LogP contribution in [0, 0.1) is 12.8 Å². The number of thiophene rings is 1. The number of amidine groups is 1. The number of amides is 1. The van der Waals surface area contributed by atoms with Crippen molar-refractivity contribution in [1.82, 2.24) is 10.2 Å². The molecule has 6 nitrogen and oxygen atoms in total. The van der Waals surface area contributed by atoms with Gasteiger partial charge in [0.25, 0.3) is 10.0 Å². The lowest BCUT2D eigenvalue weighted by molar-refractivity contribution is -0.126. The van der Waals surface area contributed by atoms with Crippen molar-refractivity contribution in [2.75, 3.05) is 13.1 Å². The molecule has 0 radical (unpaired) electrons. The first-order valence-corrected chi connectivity index (χ1v) is 12.9. The molecule has 2 aromatic rings. The second kappa shape index (κ2) is 8.96. The molecule has 0 bridgehead atoms. The Balaban J connectivity index is 1.46. The average Bonchev–Trinajstić information content (AvgIpc) is 3.38. The molecule has 0 saturated carbocycles. The van der Waals surface area contributed by atoms with Crippen LogP contribution in [0.1, 0.15) is 42.2 Å². The van der Waals surface area contributed by atoms with Crippen molar-refractivity contribution >= 4 is 38.0 Å². The molecule has 0 unspecified atom stereocenters. The Labute approximate surface area is 187 Å². The van der Waals surface area contributed by atoms with E-state index in [4.69, 9.17) is 0 Å². The van der Waals surface area contributed by atoms with E-state index in [0.717, 1.165) is 16.0 Å². The number of likely N-dealkylation sites (tertiary alicyclic amines) is 1. The van der Waals surface area contributed by atoms with Crippen molar-refractivity contribution in [2.24, 2.45) is 10.3 Å². The average molecular weight is 458 g/mol. The smallest absolute Gasteiger partial charge is 0.285 e. The van der Waals surface area contributed by atoms with E-state index in [1.165, 1.54) is 0 Å². The van der Waals surface area contributed by atoms with E-state index < -0.39 is 10.0 Å². The van der Waals surface area contributed by atoms with Crippen LogP contribution in [0.5, 0.6) is 0 Å². The SMILES string of the molecule is CCC1=C(c2ccc(C)cc2)S(=O)(=O)N=C1N1CCC(C(=O)NCc2cccs2)CC1. The summed E-state index contributed by atoms with van der Waals surface area (Å²) in [6, 6.07) is 11.5. The zero-order valence-electron chi connectivity index (χ0n) is 17.8. The van der Waals surface area contributed by atoms with Crippen molar-refractivity contribution in [2.45, 2.75) is 39.7 Å². The fraction of sp³-hybridized carbons (Fsp3) is 0.391. The third-order valence-corrected chi connectivity index (χ3v) is 8.15. The lowest BCUT2D eigenvalue weighted by Gasteiger charge is -2.33. The second-order valence-electron chi connectivity index (χ2n) is 7.98. The topological polar surface area (TPSA) is 78.8 Å². The quantitative estimate of drug-likeness (QED) is 0.737. The molecule has 2 aliphatic rings. The summed E-state index contributed by atoms with van der Waals surface area (Å²) in [6.07, 6.45) is 1.96. The normalized spacial score (nSPS) is 18.9. The fourth-order valence-electron chi connectivity index (χ4n) is 4.15. The summed E-state index contributed by atoms with van der Waals surface area (Å²) < 4.78 is 30.0. The molecule has 3 heterocycles. The highest BCUT2D eigenvalue weighted by molar-refractivity contribution is 8.00. The molecule has 31 heavy (non-hydrogen) atoms. The maximum absolute atomic E-state index is 12.9. The van der Waals surface area contributed by atoms with Crippen LogP contribution in [0.4, 0.5) is 0 Å². The number of aryl methyl sites for hydroxylation is 1. The first-order valence-electron chi connectivity index (χ1n) is 10.6. The zero-order valence-corrected chi connectivity index (χ0v) is 19.4. The van der Waals surface area contributed by atoms with Gasteiger partial charge in [-0.15, -0.1) is 15.7 Å². The molecule has 0 spiro atoms. The van der Waals surface area contributed by atoms with E-state index in [-0.39, 0.29) is 11.8 Å². The predicted octanol–water partition coefficient (Wildman–Crippen LogP) is 3.95. The molecule has 0 atom stereocenters. The summed E-state index contributed by atoms with van der Waals surface area (Å²) in [6.45, 7) is 5.74. The molecular weight excluding hydrogens is 430 g/mol. The van der Waals surface area contributed by atoms with Gasteiger partial charge in [-0.25, -0.2) is 0 Å². The van der Waals surface area contributed by atoms with Gasteiger partial charge in [0.1, 0.15) is 10.7 Å². The third-order valence-electron chi connectivity index (χ3n) is 5.86. The Morgan fingerprint density at radius 1 is 1.19 bits per heavy atom. The Hall–Kier alpha value is -2.45. The van der Waals surface area contributed by atoms with Gasteiger partial charge in [-0.1, -0.05) is 42.8 Å². The van der Waals surface area contributed by atoms with Crippen LogP contribution in [0.15, 0.2) is 51.7 Å². The molecule has 4 rings (SSSR count). The molecule has 1 fully saturated rings. The lowest BCUT2D eigenvalue weighted by Crippen LogP contribution is -2.43. The number of piperidine rings is 1. The van der Waals surface area contributed by atoms with E-state index in [0.29, 0.717) is 55.2 Å².